The van der Waals surface area contributed by atoms with Crippen LogP contribution in [0.2, 0.25) is 5.02 Å². The van der Waals surface area contributed by atoms with Crippen LogP contribution in [0.1, 0.15) is 12.1 Å². The van der Waals surface area contributed by atoms with Crippen molar-refractivity contribution in [1.82, 2.24) is 19.7 Å². The Hall–Kier alpha value is -1.89. The number of aromatic nitrogens is 3. The monoisotopic (exact) mass is 349 g/mol. The lowest BCUT2D eigenvalue weighted by Crippen LogP contribution is -2.24. The number of fused-ring (bicyclic) bond motifs is 3. The molecule has 0 bridgehead atoms. The first-order valence-electron chi connectivity index (χ1n) is 8.01. The van der Waals surface area contributed by atoms with Crippen LogP contribution in [-0.4, -0.2) is 52.0 Å². The second-order valence-corrected chi connectivity index (χ2v) is 6.64. The van der Waals surface area contributed by atoms with E-state index >= 15 is 0 Å². The highest BCUT2D eigenvalue weighted by molar-refractivity contribution is 6.31. The number of halogens is 1. The largest absolute Gasteiger partial charge is 0.445 e. The molecule has 0 fully saturated rings. The van der Waals surface area contributed by atoms with E-state index in [2.05, 4.69) is 15.1 Å². The van der Waals surface area contributed by atoms with Crippen LogP contribution in [0.25, 0.3) is 21.8 Å². The van der Waals surface area contributed by atoms with Crippen molar-refractivity contribution in [2.45, 2.75) is 19.4 Å². The highest BCUT2D eigenvalue weighted by Crippen LogP contribution is 2.26. The minimum absolute atomic E-state index is 0.0456. The second-order valence-electron chi connectivity index (χ2n) is 6.20. The van der Waals surface area contributed by atoms with Gasteiger partial charge in [0.05, 0.1) is 23.0 Å². The van der Waals surface area contributed by atoms with Gasteiger partial charge in [0.15, 0.2) is 0 Å². The van der Waals surface area contributed by atoms with Gasteiger partial charge in [0.2, 0.25) is 0 Å². The lowest BCUT2D eigenvalue weighted by Gasteiger charge is -2.14. The van der Waals surface area contributed by atoms with Crippen LogP contribution >= 0.6 is 11.6 Å². The molecule has 3 aromatic rings. The molecule has 0 aliphatic rings. The lowest BCUT2D eigenvalue weighted by molar-refractivity contribution is 0.298. The molecule has 0 aliphatic carbocycles. The van der Waals surface area contributed by atoms with Gasteiger partial charge in [0.25, 0.3) is 5.56 Å². The number of H-pyrrole nitrogens is 1. The Kier molecular flexibility index (Phi) is 4.89. The van der Waals surface area contributed by atoms with Crippen LogP contribution in [0.15, 0.2) is 23.0 Å². The molecule has 7 heteroatoms. The Bertz CT molecular complexity index is 930. The fraction of sp³-hybridized carbons (Fsp3) is 0.412. The molecule has 3 N–H and O–H groups in total. The molecule has 0 aliphatic heterocycles. The fourth-order valence-electron chi connectivity index (χ4n) is 3.05. The van der Waals surface area contributed by atoms with E-state index in [4.69, 9.17) is 16.7 Å². The predicted octanol–water partition coefficient (Wildman–Crippen LogP) is 1.75. The number of pyridine rings is 1. The van der Waals surface area contributed by atoms with Crippen molar-refractivity contribution < 1.29 is 5.11 Å². The Labute approximate surface area is 144 Å². The second kappa shape index (κ2) is 6.93. The third-order valence-corrected chi connectivity index (χ3v) is 4.40. The minimum Gasteiger partial charge on any atom is -0.445 e. The summed E-state index contributed by atoms with van der Waals surface area (Å²) in [5.74, 6) is 0. The van der Waals surface area contributed by atoms with Crippen molar-refractivity contribution in [3.63, 3.8) is 0 Å². The fourth-order valence-corrected chi connectivity index (χ4v) is 3.23. The van der Waals surface area contributed by atoms with Gasteiger partial charge in [-0.1, -0.05) is 11.6 Å². The number of hydrogen-bond donors (Lipinski definition) is 1. The van der Waals surface area contributed by atoms with Gasteiger partial charge in [-0.2, -0.15) is 5.10 Å². The first-order valence-corrected chi connectivity index (χ1v) is 8.39. The van der Waals surface area contributed by atoms with Gasteiger partial charge in [-0.3, -0.25) is 9.89 Å². The molecule has 24 heavy (non-hydrogen) atoms. The van der Waals surface area contributed by atoms with Crippen molar-refractivity contribution >= 4 is 33.4 Å². The molecule has 6 nitrogen and oxygen atoms in total. The summed E-state index contributed by atoms with van der Waals surface area (Å²) in [6, 6.07) is 5.54. The smallest absolute Gasteiger partial charge is 0.262 e. The van der Waals surface area contributed by atoms with Gasteiger partial charge in [-0.15, -0.1) is 0 Å². The van der Waals surface area contributed by atoms with Gasteiger partial charge >= 0.3 is 0 Å². The molecule has 0 saturated heterocycles. The minimum atomic E-state index is -0.0456. The van der Waals surface area contributed by atoms with Gasteiger partial charge in [-0.05, 0) is 45.3 Å². The number of aryl methyl sites for hydroxylation is 1. The highest BCUT2D eigenvalue weighted by atomic mass is 35.5. The number of nitrogens with one attached hydrogen (secondary N) is 1. The first kappa shape index (κ1) is 17.0. The van der Waals surface area contributed by atoms with E-state index < -0.39 is 0 Å². The van der Waals surface area contributed by atoms with Crippen LogP contribution in [0, 0.1) is 0 Å². The lowest BCUT2D eigenvalue weighted by atomic mass is 10.1. The summed E-state index contributed by atoms with van der Waals surface area (Å²) in [6.45, 7) is 1.76. The third-order valence-electron chi connectivity index (χ3n) is 4.17. The zero-order chi connectivity index (χ0) is 17.3. The average molecular weight is 350 g/mol. The molecule has 2 aromatic heterocycles. The number of benzene rings is 1. The molecule has 0 atom stereocenters. The van der Waals surface area contributed by atoms with Crippen LogP contribution in [-0.2, 0) is 13.0 Å². The summed E-state index contributed by atoms with van der Waals surface area (Å²) in [6.07, 6.45) is 1.36. The maximum atomic E-state index is 13.1. The summed E-state index contributed by atoms with van der Waals surface area (Å²) < 4.78 is 1.81. The molecule has 0 radical (unpaired) electrons. The SMILES string of the molecule is CN(C)CCCn1c(=O)c2c(CC[OH2+])[nH]nc2c2cc(Cl)ccc21. The van der Waals surface area contributed by atoms with E-state index in [9.17, 15) is 4.79 Å². The zero-order valence-electron chi connectivity index (χ0n) is 13.9. The van der Waals surface area contributed by atoms with E-state index in [1.165, 1.54) is 0 Å². The van der Waals surface area contributed by atoms with E-state index in [1.807, 2.05) is 26.2 Å². The quantitative estimate of drug-likeness (QED) is 0.689. The summed E-state index contributed by atoms with van der Waals surface area (Å²) >= 11 is 6.16. The van der Waals surface area contributed by atoms with Crippen molar-refractivity contribution in [1.29, 1.82) is 0 Å². The number of hydrogen-bond acceptors (Lipinski definition) is 3. The van der Waals surface area contributed by atoms with Crippen LogP contribution in [0.5, 0.6) is 0 Å². The van der Waals surface area contributed by atoms with E-state index in [-0.39, 0.29) is 12.2 Å². The van der Waals surface area contributed by atoms with E-state index in [1.54, 1.807) is 10.6 Å². The van der Waals surface area contributed by atoms with Gasteiger partial charge in [-0.25, -0.2) is 0 Å². The Balaban J connectivity index is 2.24. The Morgan fingerprint density at radius 2 is 2.17 bits per heavy atom. The summed E-state index contributed by atoms with van der Waals surface area (Å²) in [5, 5.41) is 16.8. The number of nitrogens with zero attached hydrogens (tertiary/aromatic N) is 3. The van der Waals surface area contributed by atoms with Gasteiger partial charge in [0.1, 0.15) is 12.1 Å². The molecule has 0 amide bonds. The van der Waals surface area contributed by atoms with E-state index in [0.29, 0.717) is 28.9 Å². The molecule has 3 rings (SSSR count). The Morgan fingerprint density at radius 1 is 1.38 bits per heavy atom. The molecule has 0 unspecified atom stereocenters. The van der Waals surface area contributed by atoms with E-state index in [0.717, 1.165) is 29.6 Å². The van der Waals surface area contributed by atoms with Gasteiger partial charge < -0.3 is 14.6 Å². The van der Waals surface area contributed by atoms with Gasteiger partial charge in [0, 0.05) is 17.0 Å². The number of aromatic amines is 1. The van der Waals surface area contributed by atoms with Crippen molar-refractivity contribution in [2.75, 3.05) is 27.2 Å². The zero-order valence-corrected chi connectivity index (χ0v) is 14.7. The molecule has 0 spiro atoms. The topological polar surface area (TPSA) is 76.8 Å². The molecular formula is C17H22ClN4O2+. The summed E-state index contributed by atoms with van der Waals surface area (Å²) in [5.41, 5.74) is 2.17. The standard InChI is InChI=1S/C17H21ClN4O2/c1-21(2)7-3-8-22-14-5-4-11(18)10-12(14)16-15(17(22)24)13(6-9-23)19-20-16/h4-5,10,23H,3,6-9H2,1-2H3,(H,19,20)/p+1. The molecule has 128 valence electrons. The number of rotatable bonds is 6. The van der Waals surface area contributed by atoms with Crippen LogP contribution in [0.3, 0.4) is 0 Å². The molecule has 0 saturated carbocycles. The molecule has 2 heterocycles. The summed E-state index contributed by atoms with van der Waals surface area (Å²) in [4.78, 5) is 15.2. The van der Waals surface area contributed by atoms with Crippen molar-refractivity contribution in [3.8, 4) is 0 Å². The van der Waals surface area contributed by atoms with Crippen molar-refractivity contribution in [2.24, 2.45) is 0 Å². The Morgan fingerprint density at radius 3 is 2.88 bits per heavy atom. The first-order chi connectivity index (χ1) is 11.5. The maximum Gasteiger partial charge on any atom is 0.262 e. The predicted molar refractivity (Wildman–Crippen MR) is 98.2 cm³/mol. The third kappa shape index (κ3) is 3.05. The highest BCUT2D eigenvalue weighted by Gasteiger charge is 2.17. The van der Waals surface area contributed by atoms with Crippen LogP contribution < -0.4 is 5.56 Å². The molecular weight excluding hydrogens is 328 g/mol. The van der Waals surface area contributed by atoms with Crippen LogP contribution in [0.4, 0.5) is 0 Å². The molecule has 1 aromatic carbocycles. The average Bonchev–Trinajstić information content (AvgIpc) is 2.95. The van der Waals surface area contributed by atoms with Crippen molar-refractivity contribution in [3.05, 3.63) is 39.3 Å². The normalized spacial score (nSPS) is 11.9. The maximum absolute atomic E-state index is 13.1. The summed E-state index contributed by atoms with van der Waals surface area (Å²) in [7, 11) is 4.04.